The molecule has 2 aromatic heterocycles. The number of benzene rings is 1. The number of amides is 1. The highest BCUT2D eigenvalue weighted by Crippen LogP contribution is 2.21. The van der Waals surface area contributed by atoms with Gasteiger partial charge in [-0.2, -0.15) is 5.10 Å². The van der Waals surface area contributed by atoms with Crippen LogP contribution >= 0.6 is 11.6 Å². The smallest absolute Gasteiger partial charge is 0.275 e. The molecule has 0 aliphatic carbocycles. The maximum absolute atomic E-state index is 12.2. The zero-order valence-electron chi connectivity index (χ0n) is 11.7. The Morgan fingerprint density at radius 3 is 2.82 bits per heavy atom. The van der Waals surface area contributed by atoms with Crippen LogP contribution < -0.4 is 5.32 Å². The number of rotatable bonds is 3. The van der Waals surface area contributed by atoms with Crippen LogP contribution in [0.25, 0.3) is 11.3 Å². The third-order valence-corrected chi connectivity index (χ3v) is 3.21. The summed E-state index contributed by atoms with van der Waals surface area (Å²) in [5, 5.41) is 7.38. The molecule has 0 saturated heterocycles. The van der Waals surface area contributed by atoms with Crippen molar-refractivity contribution in [1.29, 1.82) is 0 Å². The van der Waals surface area contributed by atoms with E-state index in [1.807, 2.05) is 12.1 Å². The first-order valence-electron chi connectivity index (χ1n) is 6.51. The fourth-order valence-corrected chi connectivity index (χ4v) is 2.14. The van der Waals surface area contributed by atoms with E-state index in [9.17, 15) is 4.79 Å². The predicted molar refractivity (Wildman–Crippen MR) is 83.6 cm³/mol. The Kier molecular flexibility index (Phi) is 3.84. The standard InChI is InChI=1S/C15H12ClN5O/c1-21-6-5-14(20-21)19-15(22)13-8-12(17-9-18-13)10-3-2-4-11(16)7-10/h2-9H,1H3,(H,19,20,22). The Morgan fingerprint density at radius 2 is 2.09 bits per heavy atom. The van der Waals surface area contributed by atoms with Crippen molar-refractivity contribution in [3.05, 3.63) is 59.6 Å². The van der Waals surface area contributed by atoms with E-state index in [-0.39, 0.29) is 11.6 Å². The Hall–Kier alpha value is -2.73. The molecule has 1 aromatic carbocycles. The second-order valence-corrected chi connectivity index (χ2v) is 5.06. The number of hydrogen-bond acceptors (Lipinski definition) is 4. The van der Waals surface area contributed by atoms with Crippen LogP contribution in [0.5, 0.6) is 0 Å². The van der Waals surface area contributed by atoms with Gasteiger partial charge in [-0.3, -0.25) is 9.48 Å². The van der Waals surface area contributed by atoms with E-state index in [0.717, 1.165) is 5.56 Å². The number of carbonyl (C=O) groups is 1. The van der Waals surface area contributed by atoms with Gasteiger partial charge in [0.2, 0.25) is 0 Å². The van der Waals surface area contributed by atoms with Crippen molar-refractivity contribution in [3.8, 4) is 11.3 Å². The molecule has 0 saturated carbocycles. The molecule has 0 atom stereocenters. The summed E-state index contributed by atoms with van der Waals surface area (Å²) in [7, 11) is 1.78. The topological polar surface area (TPSA) is 72.7 Å². The average molecular weight is 314 g/mol. The van der Waals surface area contributed by atoms with E-state index in [0.29, 0.717) is 16.5 Å². The number of carbonyl (C=O) groups excluding carboxylic acids is 1. The maximum atomic E-state index is 12.2. The number of nitrogens with one attached hydrogen (secondary N) is 1. The molecule has 0 aliphatic heterocycles. The summed E-state index contributed by atoms with van der Waals surface area (Å²) in [6.07, 6.45) is 3.09. The molecule has 22 heavy (non-hydrogen) atoms. The van der Waals surface area contributed by atoms with E-state index in [1.165, 1.54) is 6.33 Å². The lowest BCUT2D eigenvalue weighted by atomic mass is 10.1. The Bertz CT molecular complexity index is 830. The van der Waals surface area contributed by atoms with Crippen molar-refractivity contribution in [2.45, 2.75) is 0 Å². The zero-order valence-corrected chi connectivity index (χ0v) is 12.4. The number of anilines is 1. The van der Waals surface area contributed by atoms with Crippen molar-refractivity contribution < 1.29 is 4.79 Å². The molecule has 0 radical (unpaired) electrons. The molecular formula is C15H12ClN5O. The summed E-state index contributed by atoms with van der Waals surface area (Å²) in [6, 6.07) is 10.6. The van der Waals surface area contributed by atoms with Crippen LogP contribution in [0.2, 0.25) is 5.02 Å². The summed E-state index contributed by atoms with van der Waals surface area (Å²) in [5.41, 5.74) is 1.71. The quantitative estimate of drug-likeness (QED) is 0.807. The lowest BCUT2D eigenvalue weighted by Gasteiger charge is -2.04. The highest BCUT2D eigenvalue weighted by atomic mass is 35.5. The Morgan fingerprint density at radius 1 is 1.23 bits per heavy atom. The SMILES string of the molecule is Cn1ccc(NC(=O)c2cc(-c3cccc(Cl)c3)ncn2)n1. The van der Waals surface area contributed by atoms with Gasteiger partial charge in [0, 0.05) is 29.9 Å². The molecule has 1 amide bonds. The minimum Gasteiger partial charge on any atom is -0.304 e. The largest absolute Gasteiger partial charge is 0.304 e. The lowest BCUT2D eigenvalue weighted by Crippen LogP contribution is -2.14. The van der Waals surface area contributed by atoms with Gasteiger partial charge in [-0.1, -0.05) is 23.7 Å². The summed E-state index contributed by atoms with van der Waals surface area (Å²) in [4.78, 5) is 20.4. The highest BCUT2D eigenvalue weighted by Gasteiger charge is 2.11. The number of hydrogen-bond donors (Lipinski definition) is 1. The molecule has 3 rings (SSSR count). The first-order valence-corrected chi connectivity index (χ1v) is 6.88. The molecule has 1 N–H and O–H groups in total. The van der Waals surface area contributed by atoms with Gasteiger partial charge in [-0.25, -0.2) is 9.97 Å². The zero-order chi connectivity index (χ0) is 15.5. The van der Waals surface area contributed by atoms with Crippen LogP contribution in [-0.2, 0) is 7.05 Å². The van der Waals surface area contributed by atoms with E-state index in [4.69, 9.17) is 11.6 Å². The third-order valence-electron chi connectivity index (χ3n) is 2.98. The van der Waals surface area contributed by atoms with Gasteiger partial charge >= 0.3 is 0 Å². The molecule has 0 bridgehead atoms. The second kappa shape index (κ2) is 5.95. The molecule has 0 aliphatic rings. The highest BCUT2D eigenvalue weighted by molar-refractivity contribution is 6.30. The molecule has 3 aromatic rings. The summed E-state index contributed by atoms with van der Waals surface area (Å²) in [5.74, 6) is 0.125. The summed E-state index contributed by atoms with van der Waals surface area (Å²) >= 11 is 5.97. The summed E-state index contributed by atoms with van der Waals surface area (Å²) < 4.78 is 1.60. The third kappa shape index (κ3) is 3.12. The Labute approximate surface area is 131 Å². The first kappa shape index (κ1) is 14.2. The van der Waals surface area contributed by atoms with Gasteiger partial charge in [-0.05, 0) is 18.2 Å². The molecule has 0 fully saturated rings. The minimum absolute atomic E-state index is 0.260. The van der Waals surface area contributed by atoms with Gasteiger partial charge in [0.25, 0.3) is 5.91 Å². The van der Waals surface area contributed by atoms with E-state index in [1.54, 1.807) is 42.2 Å². The maximum Gasteiger partial charge on any atom is 0.275 e. The fourth-order valence-electron chi connectivity index (χ4n) is 1.95. The van der Waals surface area contributed by atoms with Crippen molar-refractivity contribution in [2.24, 2.45) is 7.05 Å². The minimum atomic E-state index is -0.343. The van der Waals surface area contributed by atoms with Gasteiger partial charge < -0.3 is 5.32 Å². The molecule has 110 valence electrons. The Balaban J connectivity index is 1.86. The van der Waals surface area contributed by atoms with E-state index in [2.05, 4.69) is 20.4 Å². The number of aryl methyl sites for hydroxylation is 1. The fraction of sp³-hybridized carbons (Fsp3) is 0.0667. The van der Waals surface area contributed by atoms with Crippen molar-refractivity contribution in [2.75, 3.05) is 5.32 Å². The molecule has 0 spiro atoms. The summed E-state index contributed by atoms with van der Waals surface area (Å²) in [6.45, 7) is 0. The molecule has 0 unspecified atom stereocenters. The lowest BCUT2D eigenvalue weighted by molar-refractivity contribution is 0.102. The van der Waals surface area contributed by atoms with Crippen LogP contribution in [-0.4, -0.2) is 25.7 Å². The van der Waals surface area contributed by atoms with Gasteiger partial charge in [-0.15, -0.1) is 0 Å². The first-order chi connectivity index (χ1) is 10.6. The van der Waals surface area contributed by atoms with Crippen molar-refractivity contribution in [3.63, 3.8) is 0 Å². The monoisotopic (exact) mass is 313 g/mol. The average Bonchev–Trinajstić information content (AvgIpc) is 2.92. The number of nitrogens with zero attached hydrogens (tertiary/aromatic N) is 4. The predicted octanol–water partition coefficient (Wildman–Crippen LogP) is 2.78. The van der Waals surface area contributed by atoms with Crippen LogP contribution in [0.1, 0.15) is 10.5 Å². The van der Waals surface area contributed by atoms with Gasteiger partial charge in [0.1, 0.15) is 12.0 Å². The van der Waals surface area contributed by atoms with Crippen LogP contribution in [0, 0.1) is 0 Å². The van der Waals surface area contributed by atoms with E-state index < -0.39 is 0 Å². The number of halogens is 1. The molecule has 6 nitrogen and oxygen atoms in total. The molecule has 7 heteroatoms. The van der Waals surface area contributed by atoms with Crippen LogP contribution in [0.15, 0.2) is 48.9 Å². The number of aromatic nitrogens is 4. The van der Waals surface area contributed by atoms with Crippen molar-refractivity contribution in [1.82, 2.24) is 19.7 Å². The van der Waals surface area contributed by atoms with Crippen LogP contribution in [0.4, 0.5) is 5.82 Å². The second-order valence-electron chi connectivity index (χ2n) is 4.63. The van der Waals surface area contributed by atoms with Crippen LogP contribution in [0.3, 0.4) is 0 Å². The van der Waals surface area contributed by atoms with Crippen molar-refractivity contribution >= 4 is 23.3 Å². The molecule has 2 heterocycles. The normalized spacial score (nSPS) is 10.5. The van der Waals surface area contributed by atoms with Gasteiger partial charge in [0.05, 0.1) is 5.69 Å². The van der Waals surface area contributed by atoms with Gasteiger partial charge in [0.15, 0.2) is 5.82 Å². The molecular weight excluding hydrogens is 302 g/mol. The van der Waals surface area contributed by atoms with E-state index >= 15 is 0 Å².